The number of likely N-dealkylation sites (tertiary alicyclic amines) is 1. The number of fused-ring (bicyclic) bond motifs is 1. The molecule has 1 fully saturated rings. The lowest BCUT2D eigenvalue weighted by molar-refractivity contribution is -0.147. The number of hydrogen-bond acceptors (Lipinski definition) is 4. The van der Waals surface area contributed by atoms with Crippen LogP contribution in [0.25, 0.3) is 0 Å². The fourth-order valence-electron chi connectivity index (χ4n) is 3.72. The van der Waals surface area contributed by atoms with E-state index in [1.165, 1.54) is 4.90 Å². The van der Waals surface area contributed by atoms with Gasteiger partial charge in [0, 0.05) is 13.1 Å². The summed E-state index contributed by atoms with van der Waals surface area (Å²) in [6.07, 6.45) is 1.12. The summed E-state index contributed by atoms with van der Waals surface area (Å²) >= 11 is 0. The first-order chi connectivity index (χ1) is 12.3. The molecule has 1 aromatic rings. The van der Waals surface area contributed by atoms with E-state index in [0.29, 0.717) is 30.5 Å². The van der Waals surface area contributed by atoms with Crippen LogP contribution in [-0.4, -0.2) is 57.7 Å². The van der Waals surface area contributed by atoms with Crippen molar-refractivity contribution in [3.63, 3.8) is 0 Å². The van der Waals surface area contributed by atoms with E-state index in [-0.39, 0.29) is 18.4 Å². The highest BCUT2D eigenvalue weighted by Gasteiger charge is 2.45. The Morgan fingerprint density at radius 1 is 1.12 bits per heavy atom. The van der Waals surface area contributed by atoms with Crippen molar-refractivity contribution in [2.75, 3.05) is 13.1 Å². The third-order valence-corrected chi connectivity index (χ3v) is 5.07. The van der Waals surface area contributed by atoms with Crippen molar-refractivity contribution in [1.82, 2.24) is 9.80 Å². The number of amides is 3. The maximum absolute atomic E-state index is 13.1. The van der Waals surface area contributed by atoms with E-state index in [1.54, 1.807) is 38.1 Å². The molecule has 1 saturated heterocycles. The normalized spacial score (nSPS) is 21.1. The van der Waals surface area contributed by atoms with Crippen LogP contribution in [0.1, 0.15) is 47.4 Å². The van der Waals surface area contributed by atoms with Gasteiger partial charge in [-0.15, -0.1) is 0 Å². The Bertz CT molecular complexity index is 738. The molecule has 26 heavy (non-hydrogen) atoms. The van der Waals surface area contributed by atoms with Gasteiger partial charge in [-0.2, -0.15) is 0 Å². The lowest BCUT2D eigenvalue weighted by atomic mass is 9.95. The SMILES string of the molecule is CC(C)C(C(=O)N1CCC[C@H](C(=O)O)C1)N1C(=O)c2ccccc2C1=O. The van der Waals surface area contributed by atoms with Crippen LogP contribution in [0.5, 0.6) is 0 Å². The molecule has 0 saturated carbocycles. The summed E-state index contributed by atoms with van der Waals surface area (Å²) in [6.45, 7) is 4.12. The van der Waals surface area contributed by atoms with Gasteiger partial charge in [-0.1, -0.05) is 26.0 Å². The molecule has 2 aliphatic rings. The number of benzene rings is 1. The molecule has 0 spiro atoms. The lowest BCUT2D eigenvalue weighted by Crippen LogP contribution is -2.55. The minimum absolute atomic E-state index is 0.112. The van der Waals surface area contributed by atoms with Gasteiger partial charge in [0.25, 0.3) is 11.8 Å². The largest absolute Gasteiger partial charge is 0.481 e. The van der Waals surface area contributed by atoms with Gasteiger partial charge in [-0.05, 0) is 30.9 Å². The number of piperidine rings is 1. The zero-order valence-corrected chi connectivity index (χ0v) is 14.8. The van der Waals surface area contributed by atoms with Crippen molar-refractivity contribution in [3.8, 4) is 0 Å². The molecule has 0 radical (unpaired) electrons. The molecule has 3 amide bonds. The first-order valence-corrected chi connectivity index (χ1v) is 8.81. The molecule has 138 valence electrons. The molecule has 1 N–H and O–H groups in total. The number of imide groups is 1. The van der Waals surface area contributed by atoms with Crippen molar-refractivity contribution < 1.29 is 24.3 Å². The number of hydrogen-bond donors (Lipinski definition) is 1. The highest BCUT2D eigenvalue weighted by molar-refractivity contribution is 6.22. The Morgan fingerprint density at radius 3 is 2.19 bits per heavy atom. The van der Waals surface area contributed by atoms with Crippen LogP contribution in [0.2, 0.25) is 0 Å². The molecule has 2 heterocycles. The molecule has 3 rings (SSSR count). The molecule has 2 atom stereocenters. The number of nitrogens with zero attached hydrogens (tertiary/aromatic N) is 2. The topological polar surface area (TPSA) is 95.0 Å². The van der Waals surface area contributed by atoms with E-state index >= 15 is 0 Å². The summed E-state index contributed by atoms with van der Waals surface area (Å²) in [5.41, 5.74) is 0.607. The summed E-state index contributed by atoms with van der Waals surface area (Å²) < 4.78 is 0. The van der Waals surface area contributed by atoms with Gasteiger partial charge in [-0.3, -0.25) is 24.1 Å². The lowest BCUT2D eigenvalue weighted by Gasteiger charge is -2.37. The minimum Gasteiger partial charge on any atom is -0.481 e. The average molecular weight is 358 g/mol. The second kappa shape index (κ2) is 6.90. The number of aliphatic carboxylic acids is 1. The van der Waals surface area contributed by atoms with Crippen LogP contribution in [0.4, 0.5) is 0 Å². The molecular weight excluding hydrogens is 336 g/mol. The van der Waals surface area contributed by atoms with Gasteiger partial charge in [0.1, 0.15) is 6.04 Å². The summed E-state index contributed by atoms with van der Waals surface area (Å²) in [5.74, 6) is -3.11. The smallest absolute Gasteiger partial charge is 0.308 e. The Labute approximate surface area is 151 Å². The van der Waals surface area contributed by atoms with Crippen LogP contribution < -0.4 is 0 Å². The predicted octanol–water partition coefficient (Wildman–Crippen LogP) is 1.63. The number of carboxylic acids is 1. The Hall–Kier alpha value is -2.70. The predicted molar refractivity (Wildman–Crippen MR) is 92.5 cm³/mol. The molecule has 1 aromatic carbocycles. The summed E-state index contributed by atoms with van der Waals surface area (Å²) in [4.78, 5) is 52.4. The third kappa shape index (κ3) is 2.98. The van der Waals surface area contributed by atoms with Crippen molar-refractivity contribution in [3.05, 3.63) is 35.4 Å². The van der Waals surface area contributed by atoms with Crippen molar-refractivity contribution in [1.29, 1.82) is 0 Å². The number of carbonyl (C=O) groups is 4. The van der Waals surface area contributed by atoms with Crippen LogP contribution in [0, 0.1) is 11.8 Å². The van der Waals surface area contributed by atoms with Gasteiger partial charge >= 0.3 is 5.97 Å². The Kier molecular flexibility index (Phi) is 4.80. The van der Waals surface area contributed by atoms with Gasteiger partial charge < -0.3 is 10.0 Å². The van der Waals surface area contributed by atoms with Gasteiger partial charge in [0.2, 0.25) is 5.91 Å². The number of rotatable bonds is 4. The molecule has 1 unspecified atom stereocenters. The fraction of sp³-hybridized carbons (Fsp3) is 0.474. The van der Waals surface area contributed by atoms with E-state index in [0.717, 1.165) is 4.90 Å². The standard InChI is InChI=1S/C19H22N2O5/c1-11(2)15(18(24)20-9-5-6-12(10-20)19(25)26)21-16(22)13-7-3-4-8-14(13)17(21)23/h3-4,7-8,11-12,15H,5-6,9-10H2,1-2H3,(H,25,26)/t12-,15?/m0/s1. The van der Waals surface area contributed by atoms with Gasteiger partial charge in [0.15, 0.2) is 0 Å². The van der Waals surface area contributed by atoms with Crippen LogP contribution in [-0.2, 0) is 9.59 Å². The first kappa shape index (κ1) is 18.1. The fourth-order valence-corrected chi connectivity index (χ4v) is 3.72. The Balaban J connectivity index is 1.88. The number of carboxylic acid groups (broad SMARTS) is 1. The molecule has 0 aromatic heterocycles. The van der Waals surface area contributed by atoms with E-state index in [2.05, 4.69) is 0 Å². The maximum atomic E-state index is 13.1. The second-order valence-corrected chi connectivity index (χ2v) is 7.18. The van der Waals surface area contributed by atoms with E-state index in [9.17, 15) is 24.3 Å². The van der Waals surface area contributed by atoms with Crippen LogP contribution in [0.3, 0.4) is 0 Å². The molecular formula is C19H22N2O5. The average Bonchev–Trinajstić information content (AvgIpc) is 2.87. The molecule has 7 heteroatoms. The van der Waals surface area contributed by atoms with E-state index in [4.69, 9.17) is 0 Å². The van der Waals surface area contributed by atoms with Crippen molar-refractivity contribution in [2.45, 2.75) is 32.7 Å². The maximum Gasteiger partial charge on any atom is 0.308 e. The molecule has 0 aliphatic carbocycles. The van der Waals surface area contributed by atoms with Gasteiger partial charge in [0.05, 0.1) is 17.0 Å². The first-order valence-electron chi connectivity index (χ1n) is 8.81. The molecule has 2 aliphatic heterocycles. The van der Waals surface area contributed by atoms with Gasteiger partial charge in [-0.25, -0.2) is 0 Å². The summed E-state index contributed by atoms with van der Waals surface area (Å²) in [5, 5.41) is 9.24. The molecule has 0 bridgehead atoms. The van der Waals surface area contributed by atoms with Crippen LogP contribution in [0.15, 0.2) is 24.3 Å². The third-order valence-electron chi connectivity index (χ3n) is 5.07. The van der Waals surface area contributed by atoms with E-state index in [1.807, 2.05) is 0 Å². The minimum atomic E-state index is -0.935. The van der Waals surface area contributed by atoms with Crippen molar-refractivity contribution >= 4 is 23.7 Å². The summed E-state index contributed by atoms with van der Waals surface area (Å²) in [6, 6.07) is 5.59. The molecule has 7 nitrogen and oxygen atoms in total. The zero-order chi connectivity index (χ0) is 19.0. The Morgan fingerprint density at radius 2 is 1.69 bits per heavy atom. The number of carbonyl (C=O) groups excluding carboxylic acids is 3. The highest BCUT2D eigenvalue weighted by Crippen LogP contribution is 2.29. The second-order valence-electron chi connectivity index (χ2n) is 7.18. The zero-order valence-electron chi connectivity index (χ0n) is 14.8. The summed E-state index contributed by atoms with van der Waals surface area (Å²) in [7, 11) is 0. The monoisotopic (exact) mass is 358 g/mol. The van der Waals surface area contributed by atoms with E-state index < -0.39 is 29.7 Å². The highest BCUT2D eigenvalue weighted by atomic mass is 16.4. The van der Waals surface area contributed by atoms with Crippen molar-refractivity contribution in [2.24, 2.45) is 11.8 Å². The quantitative estimate of drug-likeness (QED) is 0.826. The van der Waals surface area contributed by atoms with Crippen LogP contribution >= 0.6 is 0 Å².